The van der Waals surface area contributed by atoms with Gasteiger partial charge in [-0.25, -0.2) is 9.18 Å². The van der Waals surface area contributed by atoms with E-state index in [1.165, 1.54) is 6.07 Å². The number of aryl methyl sites for hydroxylation is 1. The van der Waals surface area contributed by atoms with Crippen molar-refractivity contribution in [2.75, 3.05) is 18.4 Å². The first-order valence-corrected chi connectivity index (χ1v) is 7.75. The summed E-state index contributed by atoms with van der Waals surface area (Å²) in [6, 6.07) is 5.34. The second-order valence-electron chi connectivity index (χ2n) is 6.85. The molecule has 2 rings (SSSR count). The van der Waals surface area contributed by atoms with E-state index >= 15 is 0 Å². The Labute approximate surface area is 131 Å². The molecule has 1 N–H and O–H groups in total. The fourth-order valence-electron chi connectivity index (χ4n) is 2.50. The summed E-state index contributed by atoms with van der Waals surface area (Å²) in [6.45, 7) is 8.72. The van der Waals surface area contributed by atoms with Gasteiger partial charge in [-0.3, -0.25) is 0 Å². The molecule has 1 fully saturated rings. The van der Waals surface area contributed by atoms with E-state index in [2.05, 4.69) is 5.32 Å². The van der Waals surface area contributed by atoms with Crippen LogP contribution in [0.15, 0.2) is 18.2 Å². The predicted octanol–water partition coefficient (Wildman–Crippen LogP) is 3.95. The van der Waals surface area contributed by atoms with Gasteiger partial charge in [0.2, 0.25) is 0 Å². The summed E-state index contributed by atoms with van der Waals surface area (Å²) in [4.78, 5) is 13.8. The lowest BCUT2D eigenvalue weighted by atomic mass is 10.0. The highest BCUT2D eigenvalue weighted by molar-refractivity contribution is 5.68. The Morgan fingerprint density at radius 3 is 2.50 bits per heavy atom. The largest absolute Gasteiger partial charge is 0.444 e. The molecule has 0 atom stereocenters. The molecule has 0 saturated carbocycles. The van der Waals surface area contributed by atoms with E-state index in [0.29, 0.717) is 24.7 Å². The summed E-state index contributed by atoms with van der Waals surface area (Å²) < 4.78 is 18.7. The molecule has 22 heavy (non-hydrogen) atoms. The first kappa shape index (κ1) is 16.6. The lowest BCUT2D eigenvalue weighted by Crippen LogP contribution is -2.44. The summed E-state index contributed by atoms with van der Waals surface area (Å²) in [5.74, 6) is -0.190. The van der Waals surface area contributed by atoms with Gasteiger partial charge < -0.3 is 15.0 Å². The monoisotopic (exact) mass is 308 g/mol. The number of carbonyl (C=O) groups excluding carboxylic acids is 1. The molecule has 0 radical (unpaired) electrons. The fourth-order valence-corrected chi connectivity index (χ4v) is 2.50. The van der Waals surface area contributed by atoms with E-state index < -0.39 is 5.60 Å². The van der Waals surface area contributed by atoms with Crippen molar-refractivity contribution >= 4 is 11.8 Å². The van der Waals surface area contributed by atoms with Gasteiger partial charge in [0.15, 0.2) is 0 Å². The third-order valence-corrected chi connectivity index (χ3v) is 3.68. The van der Waals surface area contributed by atoms with Crippen molar-refractivity contribution in [2.45, 2.75) is 52.2 Å². The maximum Gasteiger partial charge on any atom is 0.410 e. The van der Waals surface area contributed by atoms with Gasteiger partial charge in [-0.1, -0.05) is 0 Å². The normalized spacial score (nSPS) is 16.5. The second-order valence-corrected chi connectivity index (χ2v) is 6.85. The van der Waals surface area contributed by atoms with Crippen molar-refractivity contribution in [1.29, 1.82) is 0 Å². The summed E-state index contributed by atoms with van der Waals surface area (Å²) in [5, 5.41) is 3.41. The van der Waals surface area contributed by atoms with Gasteiger partial charge in [0.1, 0.15) is 11.4 Å². The third-order valence-electron chi connectivity index (χ3n) is 3.68. The molecule has 0 unspecified atom stereocenters. The lowest BCUT2D eigenvalue weighted by Gasteiger charge is -2.34. The summed E-state index contributed by atoms with van der Waals surface area (Å²) in [5.41, 5.74) is 1.10. The standard InChI is InChI=1S/C17H25FN2O2/c1-12-11-14(5-6-15(12)18)19-13-7-9-20(10-8-13)16(21)22-17(2,3)4/h5-6,11,13,19H,7-10H2,1-4H3. The molecule has 0 spiro atoms. The number of nitrogens with one attached hydrogen (secondary N) is 1. The molecule has 1 aliphatic rings. The van der Waals surface area contributed by atoms with Crippen LogP contribution in [0.1, 0.15) is 39.2 Å². The van der Waals surface area contributed by atoms with Gasteiger partial charge in [-0.2, -0.15) is 0 Å². The number of rotatable bonds is 2. The number of likely N-dealkylation sites (tertiary alicyclic amines) is 1. The molecule has 0 aromatic heterocycles. The Morgan fingerprint density at radius 1 is 1.32 bits per heavy atom. The van der Waals surface area contributed by atoms with Gasteiger partial charge in [0.25, 0.3) is 0 Å². The molecule has 1 amide bonds. The first-order valence-electron chi connectivity index (χ1n) is 7.75. The first-order chi connectivity index (χ1) is 10.2. The van der Waals surface area contributed by atoms with Crippen LogP contribution in [0.3, 0.4) is 0 Å². The van der Waals surface area contributed by atoms with E-state index in [4.69, 9.17) is 4.74 Å². The maximum absolute atomic E-state index is 13.3. The van der Waals surface area contributed by atoms with Gasteiger partial charge in [0, 0.05) is 24.8 Å². The molecule has 122 valence electrons. The van der Waals surface area contributed by atoms with Crippen LogP contribution in [-0.4, -0.2) is 35.7 Å². The lowest BCUT2D eigenvalue weighted by molar-refractivity contribution is 0.0210. The van der Waals surface area contributed by atoms with E-state index in [9.17, 15) is 9.18 Å². The maximum atomic E-state index is 13.3. The highest BCUT2D eigenvalue weighted by Crippen LogP contribution is 2.20. The number of piperidine rings is 1. The Bertz CT molecular complexity index is 532. The van der Waals surface area contributed by atoms with E-state index in [0.717, 1.165) is 18.5 Å². The van der Waals surface area contributed by atoms with Crippen LogP contribution < -0.4 is 5.32 Å². The minimum atomic E-state index is -0.460. The zero-order valence-electron chi connectivity index (χ0n) is 13.8. The van der Waals surface area contributed by atoms with Crippen LogP contribution in [0.25, 0.3) is 0 Å². The van der Waals surface area contributed by atoms with Crippen LogP contribution in [-0.2, 0) is 4.74 Å². The van der Waals surface area contributed by atoms with Crippen LogP contribution >= 0.6 is 0 Å². The molecule has 1 heterocycles. The number of hydrogen-bond acceptors (Lipinski definition) is 3. The molecule has 4 nitrogen and oxygen atoms in total. The van der Waals surface area contributed by atoms with E-state index in [-0.39, 0.29) is 11.9 Å². The predicted molar refractivity (Wildman–Crippen MR) is 85.6 cm³/mol. The van der Waals surface area contributed by atoms with Gasteiger partial charge in [-0.05, 0) is 64.3 Å². The van der Waals surface area contributed by atoms with Crippen molar-refractivity contribution in [3.8, 4) is 0 Å². The Balaban J connectivity index is 1.84. The number of anilines is 1. The molecule has 0 aliphatic carbocycles. The van der Waals surface area contributed by atoms with Crippen molar-refractivity contribution in [2.24, 2.45) is 0 Å². The van der Waals surface area contributed by atoms with Crippen LogP contribution in [0.5, 0.6) is 0 Å². The Hall–Kier alpha value is -1.78. The number of hydrogen-bond donors (Lipinski definition) is 1. The molecule has 1 aromatic rings. The molecular weight excluding hydrogens is 283 g/mol. The van der Waals surface area contributed by atoms with Crippen molar-refractivity contribution < 1.29 is 13.9 Å². The number of carbonyl (C=O) groups is 1. The average molecular weight is 308 g/mol. The minimum absolute atomic E-state index is 0.190. The topological polar surface area (TPSA) is 41.6 Å². The number of nitrogens with zero attached hydrogens (tertiary/aromatic N) is 1. The average Bonchev–Trinajstić information content (AvgIpc) is 2.42. The molecule has 1 aromatic carbocycles. The summed E-state index contributed by atoms with van der Waals surface area (Å²) in [7, 11) is 0. The van der Waals surface area contributed by atoms with Crippen LogP contribution in [0.2, 0.25) is 0 Å². The Kier molecular flexibility index (Phi) is 4.94. The number of halogens is 1. The molecular formula is C17H25FN2O2. The highest BCUT2D eigenvalue weighted by Gasteiger charge is 2.26. The van der Waals surface area contributed by atoms with Gasteiger partial charge in [0.05, 0.1) is 0 Å². The summed E-state index contributed by atoms with van der Waals surface area (Å²) >= 11 is 0. The van der Waals surface area contributed by atoms with Crippen molar-refractivity contribution in [1.82, 2.24) is 4.90 Å². The number of benzene rings is 1. The van der Waals surface area contributed by atoms with Gasteiger partial charge >= 0.3 is 6.09 Å². The van der Waals surface area contributed by atoms with E-state index in [1.54, 1.807) is 17.9 Å². The number of ether oxygens (including phenoxy) is 1. The van der Waals surface area contributed by atoms with Crippen molar-refractivity contribution in [3.63, 3.8) is 0 Å². The minimum Gasteiger partial charge on any atom is -0.444 e. The van der Waals surface area contributed by atoms with Crippen LogP contribution in [0, 0.1) is 12.7 Å². The number of amides is 1. The van der Waals surface area contributed by atoms with Crippen LogP contribution in [0.4, 0.5) is 14.9 Å². The highest BCUT2D eigenvalue weighted by atomic mass is 19.1. The molecule has 1 aliphatic heterocycles. The molecule has 5 heteroatoms. The smallest absolute Gasteiger partial charge is 0.410 e. The fraction of sp³-hybridized carbons (Fsp3) is 0.588. The molecule has 0 bridgehead atoms. The SMILES string of the molecule is Cc1cc(NC2CCN(C(=O)OC(C)(C)C)CC2)ccc1F. The zero-order chi connectivity index (χ0) is 16.3. The second kappa shape index (κ2) is 6.55. The third kappa shape index (κ3) is 4.61. The van der Waals surface area contributed by atoms with Crippen molar-refractivity contribution in [3.05, 3.63) is 29.6 Å². The zero-order valence-corrected chi connectivity index (χ0v) is 13.8. The molecule has 1 saturated heterocycles. The van der Waals surface area contributed by atoms with Gasteiger partial charge in [-0.15, -0.1) is 0 Å². The Morgan fingerprint density at radius 2 is 1.95 bits per heavy atom. The summed E-state index contributed by atoms with van der Waals surface area (Å²) in [6.07, 6.45) is 1.47. The van der Waals surface area contributed by atoms with E-state index in [1.807, 2.05) is 26.8 Å². The quantitative estimate of drug-likeness (QED) is 0.899.